The van der Waals surface area contributed by atoms with Crippen molar-refractivity contribution in [2.75, 3.05) is 19.8 Å². The van der Waals surface area contributed by atoms with Crippen LogP contribution in [0.15, 0.2) is 39.4 Å². The van der Waals surface area contributed by atoms with Gasteiger partial charge in [-0.3, -0.25) is 4.79 Å². The number of halogens is 1. The molecule has 1 N–H and O–H groups in total. The molecule has 0 saturated carbocycles. The highest BCUT2D eigenvalue weighted by Gasteiger charge is 2.21. The Morgan fingerprint density at radius 2 is 1.96 bits per heavy atom. The van der Waals surface area contributed by atoms with Crippen molar-refractivity contribution < 1.29 is 18.7 Å². The van der Waals surface area contributed by atoms with Gasteiger partial charge >= 0.3 is 0 Å². The zero-order valence-corrected chi connectivity index (χ0v) is 14.5. The highest BCUT2D eigenvalue weighted by atomic mass is 79.9. The minimum Gasteiger partial charge on any atom is -0.490 e. The van der Waals surface area contributed by atoms with Crippen molar-refractivity contribution in [2.45, 2.75) is 12.8 Å². The monoisotopic (exact) mass is 389 g/mol. The molecule has 0 unspecified atom stereocenters. The van der Waals surface area contributed by atoms with Crippen LogP contribution in [0.4, 0.5) is 0 Å². The predicted octanol–water partition coefficient (Wildman–Crippen LogP) is 3.57. The standard InChI is InChI=1S/C18H16BrNO4/c19-18-3-2-15(24-18)14(21)10-13-12-9-17-16(22-6-1-7-23-17)8-11(12)4-5-20-13/h2-3,8-10,20H,1,4-7H2/b13-10+. The topological polar surface area (TPSA) is 60.7 Å². The first kappa shape index (κ1) is 15.3. The summed E-state index contributed by atoms with van der Waals surface area (Å²) in [5, 5.41) is 3.30. The molecule has 0 aliphatic carbocycles. The number of benzene rings is 1. The number of hydrogen-bond donors (Lipinski definition) is 1. The minimum atomic E-state index is -0.178. The first-order chi connectivity index (χ1) is 11.7. The average molecular weight is 390 g/mol. The van der Waals surface area contributed by atoms with E-state index in [1.165, 1.54) is 0 Å². The van der Waals surface area contributed by atoms with Crippen molar-refractivity contribution in [3.8, 4) is 11.5 Å². The third kappa shape index (κ3) is 2.94. The Labute approximate surface area is 147 Å². The highest BCUT2D eigenvalue weighted by Crippen LogP contribution is 2.36. The average Bonchev–Trinajstić information content (AvgIpc) is 2.88. The first-order valence-electron chi connectivity index (χ1n) is 7.89. The SMILES string of the molecule is O=C(/C=C1/NCCc2cc3c(cc21)OCCCO3)c1ccc(Br)o1. The molecule has 2 aliphatic rings. The van der Waals surface area contributed by atoms with Gasteiger partial charge in [0.05, 0.1) is 13.2 Å². The number of nitrogens with one attached hydrogen (secondary N) is 1. The number of hydrogen-bond acceptors (Lipinski definition) is 5. The molecule has 1 aromatic carbocycles. The van der Waals surface area contributed by atoms with Crippen molar-refractivity contribution in [1.29, 1.82) is 0 Å². The molecule has 5 nitrogen and oxygen atoms in total. The van der Waals surface area contributed by atoms with Crippen molar-refractivity contribution >= 4 is 27.4 Å². The van der Waals surface area contributed by atoms with Crippen molar-refractivity contribution in [2.24, 2.45) is 0 Å². The molecular formula is C18H16BrNO4. The van der Waals surface area contributed by atoms with Gasteiger partial charge in [0.25, 0.3) is 0 Å². The van der Waals surface area contributed by atoms with Gasteiger partial charge < -0.3 is 19.2 Å². The quantitative estimate of drug-likeness (QED) is 0.628. The van der Waals surface area contributed by atoms with E-state index in [1.54, 1.807) is 18.2 Å². The molecule has 0 spiro atoms. The number of ketones is 1. The molecule has 0 fully saturated rings. The predicted molar refractivity (Wildman–Crippen MR) is 92.5 cm³/mol. The van der Waals surface area contributed by atoms with E-state index < -0.39 is 0 Å². The van der Waals surface area contributed by atoms with Crippen LogP contribution in [-0.4, -0.2) is 25.5 Å². The van der Waals surface area contributed by atoms with Gasteiger partial charge in [-0.1, -0.05) is 0 Å². The zero-order chi connectivity index (χ0) is 16.5. The second kappa shape index (κ2) is 6.36. The molecule has 3 heterocycles. The number of carbonyl (C=O) groups excluding carboxylic acids is 1. The number of allylic oxidation sites excluding steroid dienone is 1. The Kier molecular flexibility index (Phi) is 4.06. The van der Waals surface area contributed by atoms with Crippen LogP contribution in [0.3, 0.4) is 0 Å². The first-order valence-corrected chi connectivity index (χ1v) is 8.68. The van der Waals surface area contributed by atoms with Crippen LogP contribution >= 0.6 is 15.9 Å². The van der Waals surface area contributed by atoms with Crippen LogP contribution in [0.25, 0.3) is 5.70 Å². The minimum absolute atomic E-state index is 0.178. The summed E-state index contributed by atoms with van der Waals surface area (Å²) in [4.78, 5) is 12.4. The van der Waals surface area contributed by atoms with Crippen LogP contribution in [-0.2, 0) is 6.42 Å². The molecule has 0 bridgehead atoms. The maximum Gasteiger partial charge on any atom is 0.223 e. The van der Waals surface area contributed by atoms with E-state index in [0.29, 0.717) is 23.6 Å². The molecule has 1 aromatic heterocycles. The Balaban J connectivity index is 1.71. The van der Waals surface area contributed by atoms with Gasteiger partial charge in [0, 0.05) is 30.3 Å². The fourth-order valence-electron chi connectivity index (χ4n) is 2.91. The van der Waals surface area contributed by atoms with Crippen LogP contribution in [0.2, 0.25) is 0 Å². The molecule has 0 radical (unpaired) electrons. The lowest BCUT2D eigenvalue weighted by molar-refractivity contribution is 0.102. The van der Waals surface area contributed by atoms with E-state index in [0.717, 1.165) is 47.7 Å². The number of rotatable bonds is 2. The Morgan fingerprint density at radius 3 is 2.71 bits per heavy atom. The van der Waals surface area contributed by atoms with E-state index in [-0.39, 0.29) is 5.78 Å². The number of carbonyl (C=O) groups is 1. The Bertz CT molecular complexity index is 824. The molecule has 0 saturated heterocycles. The largest absolute Gasteiger partial charge is 0.490 e. The van der Waals surface area contributed by atoms with Gasteiger partial charge in [-0.15, -0.1) is 0 Å². The maximum absolute atomic E-state index is 12.4. The van der Waals surface area contributed by atoms with E-state index in [4.69, 9.17) is 13.9 Å². The third-order valence-corrected chi connectivity index (χ3v) is 4.49. The second-order valence-electron chi connectivity index (χ2n) is 5.71. The van der Waals surface area contributed by atoms with Crippen LogP contribution < -0.4 is 14.8 Å². The van der Waals surface area contributed by atoms with E-state index >= 15 is 0 Å². The van der Waals surface area contributed by atoms with Gasteiger partial charge in [-0.05, 0) is 52.2 Å². The fraction of sp³-hybridized carbons (Fsp3) is 0.278. The van der Waals surface area contributed by atoms with Crippen molar-refractivity contribution in [3.05, 3.63) is 51.9 Å². The van der Waals surface area contributed by atoms with Gasteiger partial charge in [0.2, 0.25) is 5.78 Å². The summed E-state index contributed by atoms with van der Waals surface area (Å²) >= 11 is 3.21. The fourth-order valence-corrected chi connectivity index (χ4v) is 3.22. The van der Waals surface area contributed by atoms with Crippen LogP contribution in [0, 0.1) is 0 Å². The molecule has 6 heteroatoms. The Morgan fingerprint density at radius 1 is 1.17 bits per heavy atom. The number of fused-ring (bicyclic) bond motifs is 2. The highest BCUT2D eigenvalue weighted by molar-refractivity contribution is 9.10. The van der Waals surface area contributed by atoms with Crippen molar-refractivity contribution in [1.82, 2.24) is 5.32 Å². The molecule has 2 aromatic rings. The lowest BCUT2D eigenvalue weighted by Gasteiger charge is -2.22. The molecule has 24 heavy (non-hydrogen) atoms. The molecular weight excluding hydrogens is 374 g/mol. The maximum atomic E-state index is 12.4. The van der Waals surface area contributed by atoms with E-state index in [2.05, 4.69) is 21.2 Å². The third-order valence-electron chi connectivity index (χ3n) is 4.06. The Hall–Kier alpha value is -2.21. The van der Waals surface area contributed by atoms with Gasteiger partial charge in [0.1, 0.15) is 0 Å². The van der Waals surface area contributed by atoms with E-state index in [9.17, 15) is 4.79 Å². The summed E-state index contributed by atoms with van der Waals surface area (Å²) in [5.74, 6) is 1.64. The van der Waals surface area contributed by atoms with Gasteiger partial charge in [0.15, 0.2) is 21.9 Å². The molecule has 4 rings (SSSR count). The smallest absolute Gasteiger partial charge is 0.223 e. The van der Waals surface area contributed by atoms with E-state index in [1.807, 2.05) is 12.1 Å². The van der Waals surface area contributed by atoms with Gasteiger partial charge in [-0.2, -0.15) is 0 Å². The number of furan rings is 1. The zero-order valence-electron chi connectivity index (χ0n) is 12.9. The lowest BCUT2D eigenvalue weighted by Crippen LogP contribution is -2.23. The van der Waals surface area contributed by atoms with Gasteiger partial charge in [-0.25, -0.2) is 0 Å². The summed E-state index contributed by atoms with van der Waals surface area (Å²) in [6.45, 7) is 2.07. The summed E-state index contributed by atoms with van der Waals surface area (Å²) in [5.41, 5.74) is 2.91. The second-order valence-corrected chi connectivity index (χ2v) is 6.49. The molecule has 2 aliphatic heterocycles. The van der Waals surface area contributed by atoms with Crippen LogP contribution in [0.1, 0.15) is 28.1 Å². The summed E-state index contributed by atoms with van der Waals surface area (Å²) < 4.78 is 17.4. The molecule has 0 atom stereocenters. The normalized spacial score (nSPS) is 17.8. The van der Waals surface area contributed by atoms with Crippen LogP contribution in [0.5, 0.6) is 11.5 Å². The number of ether oxygens (including phenoxy) is 2. The summed E-state index contributed by atoms with van der Waals surface area (Å²) in [6.07, 6.45) is 3.32. The van der Waals surface area contributed by atoms with Crippen molar-refractivity contribution in [3.63, 3.8) is 0 Å². The summed E-state index contributed by atoms with van der Waals surface area (Å²) in [7, 11) is 0. The molecule has 0 amide bonds. The molecule has 124 valence electrons. The lowest BCUT2D eigenvalue weighted by atomic mass is 9.96. The summed E-state index contributed by atoms with van der Waals surface area (Å²) in [6, 6.07) is 7.35.